The zero-order valence-corrected chi connectivity index (χ0v) is 27.7. The number of nitrogens with zero attached hydrogens (tertiary/aromatic N) is 5. The number of pyridine rings is 1. The predicted octanol–water partition coefficient (Wildman–Crippen LogP) is 3.24. The number of aromatic nitrogens is 3. The van der Waals surface area contributed by atoms with Crippen LogP contribution in [0.4, 0.5) is 23.3 Å². The minimum Gasteiger partial charge on any atom is -0.383 e. The first-order chi connectivity index (χ1) is 22.2. The van der Waals surface area contributed by atoms with Crippen LogP contribution >= 0.6 is 0 Å². The highest BCUT2D eigenvalue weighted by Crippen LogP contribution is 2.22. The molecule has 2 amide bonds. The SMILES string of the molecule is CCCNc1nc(Nc2cnc(NCCOC)c(C(C)=N)c2)ncc1C#CCCCNC(=O)[C@@H]1CCCN1C(=O)/C=C/CN(C)C. The van der Waals surface area contributed by atoms with E-state index in [1.165, 1.54) is 0 Å². The maximum atomic E-state index is 12.8. The lowest BCUT2D eigenvalue weighted by Gasteiger charge is -2.22. The maximum Gasteiger partial charge on any atom is 0.246 e. The van der Waals surface area contributed by atoms with Gasteiger partial charge in [-0.1, -0.05) is 24.8 Å². The molecule has 13 nitrogen and oxygen atoms in total. The number of hydrogen-bond acceptors (Lipinski definition) is 11. The smallest absolute Gasteiger partial charge is 0.246 e. The molecule has 0 bridgehead atoms. The van der Waals surface area contributed by atoms with Crippen LogP contribution in [0, 0.1) is 17.3 Å². The Hall–Kier alpha value is -4.54. The van der Waals surface area contributed by atoms with Gasteiger partial charge in [-0.3, -0.25) is 9.59 Å². The molecule has 1 saturated heterocycles. The second-order valence-corrected chi connectivity index (χ2v) is 11.2. The number of carbonyl (C=O) groups is 2. The van der Waals surface area contributed by atoms with Crippen LogP contribution in [0.1, 0.15) is 57.1 Å². The zero-order chi connectivity index (χ0) is 33.3. The van der Waals surface area contributed by atoms with Gasteiger partial charge >= 0.3 is 0 Å². The molecule has 3 rings (SSSR count). The number of rotatable bonds is 17. The number of likely N-dealkylation sites (N-methyl/N-ethyl adjacent to an activating group) is 1. The van der Waals surface area contributed by atoms with E-state index in [1.807, 2.05) is 31.1 Å². The van der Waals surface area contributed by atoms with Gasteiger partial charge in [0.25, 0.3) is 0 Å². The van der Waals surface area contributed by atoms with Crippen LogP contribution in [0.15, 0.2) is 30.6 Å². The fourth-order valence-electron chi connectivity index (χ4n) is 4.70. The summed E-state index contributed by atoms with van der Waals surface area (Å²) >= 11 is 0. The lowest BCUT2D eigenvalue weighted by Crippen LogP contribution is -2.45. The van der Waals surface area contributed by atoms with Gasteiger partial charge in [0.2, 0.25) is 17.8 Å². The summed E-state index contributed by atoms with van der Waals surface area (Å²) in [4.78, 5) is 42.6. The molecule has 248 valence electrons. The average Bonchev–Trinajstić information content (AvgIpc) is 3.53. The Morgan fingerprint density at radius 3 is 2.72 bits per heavy atom. The van der Waals surface area contributed by atoms with Gasteiger partial charge in [-0.05, 0) is 52.8 Å². The molecular formula is C33H48N10O3. The summed E-state index contributed by atoms with van der Waals surface area (Å²) in [6, 6.07) is 1.41. The molecule has 0 aromatic carbocycles. The normalized spacial score (nSPS) is 14.2. The molecule has 0 saturated carbocycles. The predicted molar refractivity (Wildman–Crippen MR) is 183 cm³/mol. The molecule has 2 aromatic rings. The molecule has 2 aromatic heterocycles. The standard InChI is InChI=1S/C33H48N10O3/c1-6-15-35-30-25(22-39-33(41-30)40-26-21-27(24(2)34)31(38-23-26)36-17-20-46-5)12-8-7-9-16-37-32(45)28-13-10-19-43(28)29(44)14-11-18-42(3)4/h11,14,21-23,28,34H,6-7,9-10,13,15-20H2,1-5H3,(H,36,38)(H,37,45)(H2,35,39,40,41)/b14-11+,34-24?/t28-/m0/s1. The monoisotopic (exact) mass is 632 g/mol. The van der Waals surface area contributed by atoms with E-state index in [4.69, 9.17) is 10.1 Å². The van der Waals surface area contributed by atoms with Gasteiger partial charge in [0, 0.05) is 63.6 Å². The molecule has 13 heteroatoms. The van der Waals surface area contributed by atoms with Gasteiger partial charge in [-0.15, -0.1) is 0 Å². The first kappa shape index (κ1) is 35.9. The number of nitrogens with one attached hydrogen (secondary N) is 5. The Kier molecular flexibility index (Phi) is 14.9. The van der Waals surface area contributed by atoms with Gasteiger partial charge in [0.1, 0.15) is 17.7 Å². The second-order valence-electron chi connectivity index (χ2n) is 11.2. The van der Waals surface area contributed by atoms with E-state index in [0.717, 1.165) is 19.4 Å². The largest absolute Gasteiger partial charge is 0.383 e. The number of amides is 2. The number of anilines is 4. The van der Waals surface area contributed by atoms with Gasteiger partial charge in [-0.25, -0.2) is 9.97 Å². The molecule has 46 heavy (non-hydrogen) atoms. The van der Waals surface area contributed by atoms with E-state index in [2.05, 4.69) is 55.0 Å². The minimum atomic E-state index is -0.425. The van der Waals surface area contributed by atoms with Crippen LogP contribution in [-0.4, -0.2) is 109 Å². The van der Waals surface area contributed by atoms with Gasteiger partial charge in [0.15, 0.2) is 0 Å². The number of ether oxygens (including phenoxy) is 1. The van der Waals surface area contributed by atoms with Crippen molar-refractivity contribution in [1.82, 2.24) is 30.1 Å². The fraction of sp³-hybridized carbons (Fsp3) is 0.515. The summed E-state index contributed by atoms with van der Waals surface area (Å²) in [5.41, 5.74) is 2.39. The number of likely N-dealkylation sites (tertiary alicyclic amines) is 1. The highest BCUT2D eigenvalue weighted by Gasteiger charge is 2.32. The van der Waals surface area contributed by atoms with Crippen molar-refractivity contribution in [2.45, 2.75) is 52.0 Å². The van der Waals surface area contributed by atoms with E-state index in [1.54, 1.807) is 37.4 Å². The van der Waals surface area contributed by atoms with E-state index in [0.29, 0.717) is 92.2 Å². The third-order valence-corrected chi connectivity index (χ3v) is 7.05. The van der Waals surface area contributed by atoms with Gasteiger partial charge in [-0.2, -0.15) is 4.98 Å². The van der Waals surface area contributed by atoms with Crippen LogP contribution < -0.4 is 21.3 Å². The Balaban J connectivity index is 1.56. The first-order valence-electron chi connectivity index (χ1n) is 15.8. The summed E-state index contributed by atoms with van der Waals surface area (Å²) in [5.74, 6) is 7.72. The summed E-state index contributed by atoms with van der Waals surface area (Å²) in [5, 5.41) is 20.8. The van der Waals surface area contributed by atoms with Crippen molar-refractivity contribution in [3.63, 3.8) is 0 Å². The van der Waals surface area contributed by atoms with Crippen molar-refractivity contribution in [2.75, 3.05) is 76.5 Å². The van der Waals surface area contributed by atoms with Crippen LogP contribution in [-0.2, 0) is 14.3 Å². The van der Waals surface area contributed by atoms with E-state index in [9.17, 15) is 9.59 Å². The number of carbonyl (C=O) groups excluding carboxylic acids is 2. The van der Waals surface area contributed by atoms with E-state index < -0.39 is 6.04 Å². The Bertz CT molecular complexity index is 1420. The Morgan fingerprint density at radius 2 is 1.98 bits per heavy atom. The molecule has 1 fully saturated rings. The molecule has 0 unspecified atom stereocenters. The summed E-state index contributed by atoms with van der Waals surface area (Å²) in [7, 11) is 5.52. The molecule has 0 radical (unpaired) electrons. The van der Waals surface area contributed by atoms with Crippen molar-refractivity contribution in [3.8, 4) is 11.8 Å². The van der Waals surface area contributed by atoms with Crippen molar-refractivity contribution < 1.29 is 14.3 Å². The van der Waals surface area contributed by atoms with Crippen molar-refractivity contribution in [1.29, 1.82) is 5.41 Å². The van der Waals surface area contributed by atoms with Crippen LogP contribution in [0.5, 0.6) is 0 Å². The summed E-state index contributed by atoms with van der Waals surface area (Å²) in [6.45, 7) is 7.38. The maximum absolute atomic E-state index is 12.8. The molecule has 3 heterocycles. The third kappa shape index (κ3) is 11.4. The van der Waals surface area contributed by atoms with Gasteiger partial charge < -0.3 is 41.2 Å². The van der Waals surface area contributed by atoms with E-state index in [-0.39, 0.29) is 11.8 Å². The molecular weight excluding hydrogens is 584 g/mol. The average molecular weight is 633 g/mol. The van der Waals surface area contributed by atoms with Crippen molar-refractivity contribution in [3.05, 3.63) is 41.7 Å². The van der Waals surface area contributed by atoms with Crippen LogP contribution in [0.25, 0.3) is 0 Å². The molecule has 1 aliphatic rings. The molecule has 0 spiro atoms. The van der Waals surface area contributed by atoms with Crippen molar-refractivity contribution in [2.24, 2.45) is 0 Å². The highest BCUT2D eigenvalue weighted by atomic mass is 16.5. The van der Waals surface area contributed by atoms with Gasteiger partial charge in [0.05, 0.1) is 30.3 Å². The summed E-state index contributed by atoms with van der Waals surface area (Å²) < 4.78 is 5.09. The second kappa shape index (κ2) is 19.1. The van der Waals surface area contributed by atoms with Crippen LogP contribution in [0.3, 0.4) is 0 Å². The minimum absolute atomic E-state index is 0.113. The highest BCUT2D eigenvalue weighted by molar-refractivity contribution is 6.01. The Morgan fingerprint density at radius 1 is 1.17 bits per heavy atom. The molecule has 0 aliphatic carbocycles. The molecule has 1 atom stereocenters. The van der Waals surface area contributed by atoms with Crippen LogP contribution in [0.2, 0.25) is 0 Å². The fourth-order valence-corrected chi connectivity index (χ4v) is 4.70. The molecule has 5 N–H and O–H groups in total. The lowest BCUT2D eigenvalue weighted by molar-refractivity contribution is -0.135. The summed E-state index contributed by atoms with van der Waals surface area (Å²) in [6.07, 6.45) is 10.4. The first-order valence-corrected chi connectivity index (χ1v) is 15.8. The molecule has 1 aliphatic heterocycles. The zero-order valence-electron chi connectivity index (χ0n) is 27.7. The third-order valence-electron chi connectivity index (χ3n) is 7.05. The quantitative estimate of drug-likeness (QED) is 0.0758. The number of unbranched alkanes of at least 4 members (excludes halogenated alkanes) is 1. The Labute approximate surface area is 272 Å². The topological polar surface area (TPSA) is 160 Å². The van der Waals surface area contributed by atoms with E-state index >= 15 is 0 Å². The van der Waals surface area contributed by atoms with Crippen molar-refractivity contribution >= 4 is 40.8 Å². The lowest BCUT2D eigenvalue weighted by atomic mass is 10.1. The number of hydrogen-bond donors (Lipinski definition) is 5. The number of methoxy groups -OCH3 is 1.